The molecule has 0 radical (unpaired) electrons. The average Bonchev–Trinajstić information content (AvgIpc) is 2.52. The Morgan fingerprint density at radius 2 is 1.77 bits per heavy atom. The first kappa shape index (κ1) is 9.64. The van der Waals surface area contributed by atoms with Gasteiger partial charge in [-0.25, -0.2) is 0 Å². The lowest BCUT2D eigenvalue weighted by atomic mass is 10.4. The maximum Gasteiger partial charge on any atom is 0.177 e. The summed E-state index contributed by atoms with van der Waals surface area (Å²) in [5.41, 5.74) is 1.77. The minimum absolute atomic E-state index is 0.799. The van der Waals surface area contributed by atoms with E-state index in [9.17, 15) is 0 Å². The van der Waals surface area contributed by atoms with Gasteiger partial charge in [0.1, 0.15) is 0 Å². The molecule has 0 N–H and O–H groups in total. The summed E-state index contributed by atoms with van der Waals surface area (Å²) in [7, 11) is 0. The van der Waals surface area contributed by atoms with E-state index >= 15 is 0 Å². The van der Waals surface area contributed by atoms with Crippen LogP contribution in [0.15, 0.2) is 12.1 Å². The van der Waals surface area contributed by atoms with Crippen molar-refractivity contribution in [2.75, 3.05) is 0 Å². The van der Waals surface area contributed by atoms with Gasteiger partial charge in [0.2, 0.25) is 0 Å². The number of aromatic nitrogens is 4. The molecule has 4 nitrogen and oxygen atoms in total. The van der Waals surface area contributed by atoms with E-state index < -0.39 is 0 Å². The molecule has 4 heteroatoms. The van der Waals surface area contributed by atoms with Gasteiger partial charge < -0.3 is 0 Å². The molecule has 0 spiro atoms. The van der Waals surface area contributed by atoms with E-state index in [1.807, 2.05) is 39.8 Å². The van der Waals surface area contributed by atoms with Crippen LogP contribution in [0.25, 0.3) is 5.65 Å². The molecule has 0 atom stereocenters. The summed E-state index contributed by atoms with van der Waals surface area (Å²) in [6.07, 6.45) is 0. The maximum absolute atomic E-state index is 4.23. The molecule has 2 rings (SSSR count). The van der Waals surface area contributed by atoms with Crippen LogP contribution in [0.5, 0.6) is 0 Å². The zero-order valence-electron chi connectivity index (χ0n) is 8.44. The zero-order chi connectivity index (χ0) is 9.84. The van der Waals surface area contributed by atoms with Gasteiger partial charge in [-0.05, 0) is 26.0 Å². The molecule has 0 aliphatic heterocycles. The van der Waals surface area contributed by atoms with Crippen molar-refractivity contribution < 1.29 is 0 Å². The van der Waals surface area contributed by atoms with Crippen molar-refractivity contribution in [2.45, 2.75) is 27.7 Å². The summed E-state index contributed by atoms with van der Waals surface area (Å²) < 4.78 is 1.73. The average molecular weight is 178 g/mol. The summed E-state index contributed by atoms with van der Waals surface area (Å²) in [5, 5.41) is 12.0. The molecule has 13 heavy (non-hydrogen) atoms. The summed E-state index contributed by atoms with van der Waals surface area (Å²) in [4.78, 5) is 0. The van der Waals surface area contributed by atoms with E-state index in [1.165, 1.54) is 0 Å². The molecular formula is C9H14N4. The normalized spacial score (nSPS) is 9.54. The fraction of sp³-hybridized carbons (Fsp3) is 0.444. The molecule has 0 saturated heterocycles. The molecule has 2 aromatic heterocycles. The Morgan fingerprint density at radius 1 is 1.08 bits per heavy atom. The summed E-state index contributed by atoms with van der Waals surface area (Å²) in [6, 6.07) is 3.83. The number of aryl methyl sites for hydroxylation is 2. The lowest BCUT2D eigenvalue weighted by molar-refractivity contribution is 0.851. The van der Waals surface area contributed by atoms with Gasteiger partial charge in [-0.15, -0.1) is 10.2 Å². The minimum atomic E-state index is 0.799. The van der Waals surface area contributed by atoms with Gasteiger partial charge in [-0.3, -0.25) is 0 Å². The van der Waals surface area contributed by atoms with Crippen molar-refractivity contribution >= 4 is 5.65 Å². The van der Waals surface area contributed by atoms with Crippen LogP contribution in [0, 0.1) is 13.8 Å². The molecule has 0 aliphatic carbocycles. The third kappa shape index (κ3) is 1.83. The number of fused-ring (bicyclic) bond motifs is 1. The van der Waals surface area contributed by atoms with Gasteiger partial charge in [0.05, 0.1) is 5.69 Å². The van der Waals surface area contributed by atoms with Crippen LogP contribution in [0.3, 0.4) is 0 Å². The minimum Gasteiger partial charge on any atom is -0.197 e. The number of hydrogen-bond donors (Lipinski definition) is 0. The second kappa shape index (κ2) is 3.98. The fourth-order valence-electron chi connectivity index (χ4n) is 0.988. The quantitative estimate of drug-likeness (QED) is 0.617. The van der Waals surface area contributed by atoms with Crippen LogP contribution in [0.2, 0.25) is 0 Å². The fourth-order valence-corrected chi connectivity index (χ4v) is 0.988. The Kier molecular flexibility index (Phi) is 2.95. The van der Waals surface area contributed by atoms with E-state index in [0.29, 0.717) is 0 Å². The molecule has 2 heterocycles. The van der Waals surface area contributed by atoms with Crippen molar-refractivity contribution in [1.29, 1.82) is 0 Å². The van der Waals surface area contributed by atoms with Gasteiger partial charge >= 0.3 is 0 Å². The number of rotatable bonds is 0. The van der Waals surface area contributed by atoms with E-state index in [0.717, 1.165) is 17.2 Å². The third-order valence-corrected chi connectivity index (χ3v) is 1.55. The van der Waals surface area contributed by atoms with E-state index in [1.54, 1.807) is 4.52 Å². The third-order valence-electron chi connectivity index (χ3n) is 1.55. The monoisotopic (exact) mass is 178 g/mol. The van der Waals surface area contributed by atoms with Gasteiger partial charge in [0.15, 0.2) is 11.5 Å². The Morgan fingerprint density at radius 3 is 2.46 bits per heavy atom. The summed E-state index contributed by atoms with van der Waals surface area (Å²) >= 11 is 0. The topological polar surface area (TPSA) is 43.1 Å². The molecule has 0 bridgehead atoms. The predicted molar refractivity (Wildman–Crippen MR) is 51.6 cm³/mol. The highest BCUT2D eigenvalue weighted by Crippen LogP contribution is 2.00. The molecule has 0 amide bonds. The standard InChI is InChI=1S/C7H8N4.C2H6/c1-5-3-4-7-9-8-6(2)11(7)10-5;1-2/h3-4H,1-2H3;1-2H3. The number of hydrogen-bond acceptors (Lipinski definition) is 3. The Hall–Kier alpha value is -1.45. The first-order valence-electron chi connectivity index (χ1n) is 4.43. The summed E-state index contributed by atoms with van der Waals surface area (Å²) in [5.74, 6) is 0.823. The molecule has 70 valence electrons. The molecule has 2 aromatic rings. The Labute approximate surface area is 77.6 Å². The second-order valence-corrected chi connectivity index (χ2v) is 2.49. The first-order chi connectivity index (χ1) is 6.27. The van der Waals surface area contributed by atoms with Crippen LogP contribution in [-0.4, -0.2) is 19.8 Å². The zero-order valence-corrected chi connectivity index (χ0v) is 8.44. The van der Waals surface area contributed by atoms with E-state index in [4.69, 9.17) is 0 Å². The lowest BCUT2D eigenvalue weighted by Crippen LogP contribution is -1.95. The van der Waals surface area contributed by atoms with Gasteiger partial charge in [-0.2, -0.15) is 9.61 Å². The van der Waals surface area contributed by atoms with Crippen LogP contribution in [-0.2, 0) is 0 Å². The maximum atomic E-state index is 4.23. The Balaban J connectivity index is 0.000000396. The second-order valence-electron chi connectivity index (χ2n) is 2.49. The van der Waals surface area contributed by atoms with Gasteiger partial charge in [0, 0.05) is 0 Å². The van der Waals surface area contributed by atoms with Crippen molar-refractivity contribution in [2.24, 2.45) is 0 Å². The van der Waals surface area contributed by atoms with Crippen molar-refractivity contribution in [3.63, 3.8) is 0 Å². The summed E-state index contributed by atoms with van der Waals surface area (Å²) in [6.45, 7) is 7.82. The predicted octanol–water partition coefficient (Wildman–Crippen LogP) is 1.77. The van der Waals surface area contributed by atoms with E-state index in [-0.39, 0.29) is 0 Å². The van der Waals surface area contributed by atoms with Crippen molar-refractivity contribution in [3.8, 4) is 0 Å². The van der Waals surface area contributed by atoms with E-state index in [2.05, 4.69) is 15.3 Å². The molecule has 0 saturated carbocycles. The van der Waals surface area contributed by atoms with Crippen LogP contribution in [0.4, 0.5) is 0 Å². The smallest absolute Gasteiger partial charge is 0.177 e. The largest absolute Gasteiger partial charge is 0.197 e. The highest BCUT2D eigenvalue weighted by Gasteiger charge is 1.99. The van der Waals surface area contributed by atoms with Crippen LogP contribution >= 0.6 is 0 Å². The number of nitrogens with zero attached hydrogens (tertiary/aromatic N) is 4. The van der Waals surface area contributed by atoms with Crippen molar-refractivity contribution in [3.05, 3.63) is 23.7 Å². The van der Waals surface area contributed by atoms with Crippen molar-refractivity contribution in [1.82, 2.24) is 19.8 Å². The van der Waals surface area contributed by atoms with Gasteiger partial charge in [-0.1, -0.05) is 13.8 Å². The lowest BCUT2D eigenvalue weighted by Gasteiger charge is -1.93. The SMILES string of the molecule is CC.Cc1ccc2nnc(C)n2n1. The molecule has 0 aliphatic rings. The molecule has 0 unspecified atom stereocenters. The molecule has 0 aromatic carbocycles. The van der Waals surface area contributed by atoms with Crippen LogP contribution < -0.4 is 0 Å². The molecular weight excluding hydrogens is 164 g/mol. The van der Waals surface area contributed by atoms with Crippen LogP contribution in [0.1, 0.15) is 25.4 Å². The van der Waals surface area contributed by atoms with Gasteiger partial charge in [0.25, 0.3) is 0 Å². The highest BCUT2D eigenvalue weighted by molar-refractivity contribution is 5.35. The first-order valence-corrected chi connectivity index (χ1v) is 4.43. The Bertz CT molecular complexity index is 391. The molecule has 0 fully saturated rings. The highest BCUT2D eigenvalue weighted by atomic mass is 15.4.